The van der Waals surface area contributed by atoms with E-state index < -0.39 is 20.9 Å². The zero-order chi connectivity index (χ0) is 16.2. The van der Waals surface area contributed by atoms with Crippen molar-refractivity contribution in [1.29, 1.82) is 0 Å². The minimum Gasteiger partial charge on any atom is -0.487 e. The van der Waals surface area contributed by atoms with Gasteiger partial charge < -0.3 is 9.84 Å². The molecular formula is C12H16BrNO6S. The second-order valence-corrected chi connectivity index (χ2v) is 7.78. The van der Waals surface area contributed by atoms with Crippen molar-refractivity contribution >= 4 is 31.5 Å². The van der Waals surface area contributed by atoms with Gasteiger partial charge in [-0.1, -0.05) is 15.9 Å². The number of nitro benzene ring substituents is 1. The van der Waals surface area contributed by atoms with E-state index in [4.69, 9.17) is 4.74 Å². The second-order valence-electron chi connectivity index (χ2n) is 4.61. The lowest BCUT2D eigenvalue weighted by atomic mass is 10.1. The number of hydrogen-bond acceptors (Lipinski definition) is 6. The van der Waals surface area contributed by atoms with Crippen LogP contribution in [0, 0.1) is 10.1 Å². The lowest BCUT2D eigenvalue weighted by Gasteiger charge is -2.14. The molecule has 0 aliphatic carbocycles. The van der Waals surface area contributed by atoms with E-state index in [0.29, 0.717) is 4.47 Å². The Balaban J connectivity index is 3.00. The summed E-state index contributed by atoms with van der Waals surface area (Å²) < 4.78 is 27.9. The number of sulfone groups is 1. The molecule has 0 saturated heterocycles. The van der Waals surface area contributed by atoms with Gasteiger partial charge in [-0.05, 0) is 19.4 Å². The highest BCUT2D eigenvalue weighted by atomic mass is 79.9. The van der Waals surface area contributed by atoms with Crippen molar-refractivity contribution < 1.29 is 23.2 Å². The molecule has 0 aliphatic heterocycles. The number of halogens is 1. The number of hydrogen-bond donors (Lipinski definition) is 1. The average molecular weight is 382 g/mol. The predicted octanol–water partition coefficient (Wildman–Crippen LogP) is 2.22. The number of rotatable bonds is 7. The Bertz CT molecular complexity index is 629. The third kappa shape index (κ3) is 5.60. The highest BCUT2D eigenvalue weighted by Crippen LogP contribution is 2.37. The van der Waals surface area contributed by atoms with E-state index in [2.05, 4.69) is 15.9 Å². The molecule has 118 valence electrons. The first-order chi connectivity index (χ1) is 9.61. The summed E-state index contributed by atoms with van der Waals surface area (Å²) in [5, 5.41) is 20.8. The van der Waals surface area contributed by atoms with Crippen molar-refractivity contribution in [2.45, 2.75) is 19.4 Å². The van der Waals surface area contributed by atoms with Gasteiger partial charge >= 0.3 is 5.69 Å². The van der Waals surface area contributed by atoms with Crippen LogP contribution < -0.4 is 4.74 Å². The molecule has 0 aromatic heterocycles. The minimum absolute atomic E-state index is 0.00919. The van der Waals surface area contributed by atoms with Crippen LogP contribution in [0.5, 0.6) is 5.75 Å². The van der Waals surface area contributed by atoms with Crippen molar-refractivity contribution in [1.82, 2.24) is 0 Å². The molecule has 0 unspecified atom stereocenters. The summed E-state index contributed by atoms with van der Waals surface area (Å²) in [6, 6.07) is 2.81. The van der Waals surface area contributed by atoms with Gasteiger partial charge in [0.05, 0.1) is 23.4 Å². The molecule has 1 atom stereocenters. The Kier molecular flexibility index (Phi) is 6.11. The number of ether oxygens (including phenoxy) is 1. The summed E-state index contributed by atoms with van der Waals surface area (Å²) in [5.74, 6) is -0.104. The van der Waals surface area contributed by atoms with Gasteiger partial charge in [0.25, 0.3) is 0 Å². The van der Waals surface area contributed by atoms with Gasteiger partial charge in [0.15, 0.2) is 0 Å². The van der Waals surface area contributed by atoms with Crippen molar-refractivity contribution in [2.75, 3.05) is 18.6 Å². The van der Waals surface area contributed by atoms with E-state index in [1.165, 1.54) is 19.1 Å². The molecule has 0 radical (unpaired) electrons. The van der Waals surface area contributed by atoms with E-state index in [1.807, 2.05) is 0 Å². The first-order valence-corrected chi connectivity index (χ1v) is 8.93. The lowest BCUT2D eigenvalue weighted by molar-refractivity contribution is -0.386. The molecule has 0 fully saturated rings. The lowest BCUT2D eigenvalue weighted by Crippen LogP contribution is -2.10. The quantitative estimate of drug-likeness (QED) is 0.440. The highest BCUT2D eigenvalue weighted by molar-refractivity contribution is 9.10. The van der Waals surface area contributed by atoms with Crippen molar-refractivity contribution in [3.05, 3.63) is 32.3 Å². The first-order valence-electron chi connectivity index (χ1n) is 6.08. The number of nitro groups is 1. The fraction of sp³-hybridized carbons (Fsp3) is 0.500. The second kappa shape index (κ2) is 7.19. The van der Waals surface area contributed by atoms with Crippen LogP contribution in [0.4, 0.5) is 5.69 Å². The summed E-state index contributed by atoms with van der Waals surface area (Å²) >= 11 is 3.14. The van der Waals surface area contributed by atoms with E-state index >= 15 is 0 Å². The summed E-state index contributed by atoms with van der Waals surface area (Å²) in [6.07, 6.45) is 0.368. The maximum absolute atomic E-state index is 11.1. The Hall–Kier alpha value is -1.19. The number of aliphatic hydroxyl groups excluding tert-OH is 1. The largest absolute Gasteiger partial charge is 0.487 e. The van der Waals surface area contributed by atoms with Gasteiger partial charge in [0.2, 0.25) is 5.75 Å². The van der Waals surface area contributed by atoms with E-state index in [1.54, 1.807) is 0 Å². The Morgan fingerprint density at radius 1 is 1.48 bits per heavy atom. The van der Waals surface area contributed by atoms with Crippen LogP contribution >= 0.6 is 15.9 Å². The Morgan fingerprint density at radius 2 is 2.10 bits per heavy atom. The van der Waals surface area contributed by atoms with E-state index in [9.17, 15) is 23.6 Å². The van der Waals surface area contributed by atoms with Gasteiger partial charge in [-0.3, -0.25) is 10.1 Å². The number of aliphatic hydroxyl groups is 1. The summed E-state index contributed by atoms with van der Waals surface area (Å²) in [4.78, 5) is 10.5. The van der Waals surface area contributed by atoms with E-state index in [-0.39, 0.29) is 35.8 Å². The average Bonchev–Trinajstić information content (AvgIpc) is 2.33. The SMILES string of the molecule is C[C@H](O)c1cc(Br)cc([N+](=O)[O-])c1OCCCS(C)(=O)=O. The molecule has 0 amide bonds. The molecule has 9 heteroatoms. The smallest absolute Gasteiger partial charge is 0.312 e. The number of benzene rings is 1. The van der Waals surface area contributed by atoms with Crippen molar-refractivity contribution in [3.63, 3.8) is 0 Å². The van der Waals surface area contributed by atoms with Gasteiger partial charge in [0.1, 0.15) is 9.84 Å². The molecule has 0 bridgehead atoms. The molecule has 0 spiro atoms. The molecule has 0 saturated carbocycles. The molecule has 1 aromatic carbocycles. The predicted molar refractivity (Wildman–Crippen MR) is 81.3 cm³/mol. The fourth-order valence-electron chi connectivity index (χ4n) is 1.70. The molecular weight excluding hydrogens is 366 g/mol. The maximum Gasteiger partial charge on any atom is 0.312 e. The highest BCUT2D eigenvalue weighted by Gasteiger charge is 2.23. The Labute approximate surface area is 131 Å². The van der Waals surface area contributed by atoms with E-state index in [0.717, 1.165) is 6.26 Å². The topological polar surface area (TPSA) is 107 Å². The third-order valence-corrected chi connectivity index (χ3v) is 4.10. The van der Waals surface area contributed by atoms with Crippen LogP contribution in [0.25, 0.3) is 0 Å². The van der Waals surface area contributed by atoms with Crippen LogP contribution in [0.1, 0.15) is 25.0 Å². The normalized spacial score (nSPS) is 13.0. The monoisotopic (exact) mass is 381 g/mol. The Morgan fingerprint density at radius 3 is 2.57 bits per heavy atom. The summed E-state index contributed by atoms with van der Waals surface area (Å²) in [5.41, 5.74) is -0.00457. The minimum atomic E-state index is -3.11. The molecule has 0 aliphatic rings. The standard InChI is InChI=1S/C12H16BrNO6S/c1-8(15)10-6-9(13)7-11(14(16)17)12(10)20-4-3-5-21(2,18)19/h6-8,15H,3-5H2,1-2H3/t8-/m0/s1. The van der Waals surface area contributed by atoms with Crippen LogP contribution in [0.3, 0.4) is 0 Å². The van der Waals surface area contributed by atoms with Crippen molar-refractivity contribution in [2.24, 2.45) is 0 Å². The van der Waals surface area contributed by atoms with Crippen LogP contribution in [0.2, 0.25) is 0 Å². The van der Waals surface area contributed by atoms with Crippen LogP contribution in [-0.4, -0.2) is 37.1 Å². The zero-order valence-electron chi connectivity index (χ0n) is 11.6. The maximum atomic E-state index is 11.1. The zero-order valence-corrected chi connectivity index (χ0v) is 14.0. The first kappa shape index (κ1) is 17.9. The molecule has 1 rings (SSSR count). The molecule has 1 aromatic rings. The third-order valence-electron chi connectivity index (χ3n) is 2.62. The summed E-state index contributed by atoms with van der Waals surface area (Å²) in [6.45, 7) is 1.48. The van der Waals surface area contributed by atoms with Crippen molar-refractivity contribution in [3.8, 4) is 5.75 Å². The molecule has 0 heterocycles. The molecule has 1 N–H and O–H groups in total. The molecule has 21 heavy (non-hydrogen) atoms. The van der Waals surface area contributed by atoms with Crippen LogP contribution in [-0.2, 0) is 9.84 Å². The molecule has 7 nitrogen and oxygen atoms in total. The number of nitrogens with zero attached hydrogens (tertiary/aromatic N) is 1. The van der Waals surface area contributed by atoms with Crippen LogP contribution in [0.15, 0.2) is 16.6 Å². The van der Waals surface area contributed by atoms with Gasteiger partial charge in [-0.15, -0.1) is 0 Å². The van der Waals surface area contributed by atoms with Gasteiger partial charge in [-0.25, -0.2) is 8.42 Å². The van der Waals surface area contributed by atoms with Gasteiger partial charge in [-0.2, -0.15) is 0 Å². The van der Waals surface area contributed by atoms with Gasteiger partial charge in [0, 0.05) is 22.4 Å². The fourth-order valence-corrected chi connectivity index (χ4v) is 2.80. The summed E-state index contributed by atoms with van der Waals surface area (Å²) in [7, 11) is -3.11.